The molecule has 0 spiro atoms. The second-order valence-electron chi connectivity index (χ2n) is 7.08. The SMILES string of the molecule is COc1cc(N2CCC(NCc3ccccc3F)C2=O)ccc1-n1cnc(C)c1. The first-order valence-corrected chi connectivity index (χ1v) is 9.54. The minimum absolute atomic E-state index is 0.0189. The van der Waals surface area contributed by atoms with Gasteiger partial charge in [-0.25, -0.2) is 9.37 Å². The number of hydrogen-bond donors (Lipinski definition) is 1. The quantitative estimate of drug-likeness (QED) is 0.697. The molecule has 29 heavy (non-hydrogen) atoms. The van der Waals surface area contributed by atoms with Crippen molar-refractivity contribution in [3.63, 3.8) is 0 Å². The number of rotatable bonds is 6. The Morgan fingerprint density at radius 3 is 2.83 bits per heavy atom. The van der Waals surface area contributed by atoms with E-state index in [1.54, 1.807) is 36.5 Å². The number of benzene rings is 2. The van der Waals surface area contributed by atoms with Gasteiger partial charge in [0.1, 0.15) is 11.6 Å². The van der Waals surface area contributed by atoms with Gasteiger partial charge in [0.25, 0.3) is 0 Å². The molecule has 2 aromatic carbocycles. The van der Waals surface area contributed by atoms with Gasteiger partial charge in [0.2, 0.25) is 5.91 Å². The minimum Gasteiger partial charge on any atom is -0.494 e. The number of aromatic nitrogens is 2. The van der Waals surface area contributed by atoms with Crippen molar-refractivity contribution in [3.05, 3.63) is 72.1 Å². The molecule has 1 saturated heterocycles. The van der Waals surface area contributed by atoms with Gasteiger partial charge in [0, 0.05) is 36.6 Å². The fourth-order valence-corrected chi connectivity index (χ4v) is 3.60. The molecule has 3 aromatic rings. The van der Waals surface area contributed by atoms with Gasteiger partial charge in [-0.3, -0.25) is 4.79 Å². The van der Waals surface area contributed by atoms with Gasteiger partial charge >= 0.3 is 0 Å². The van der Waals surface area contributed by atoms with Crippen molar-refractivity contribution < 1.29 is 13.9 Å². The van der Waals surface area contributed by atoms with Crippen molar-refractivity contribution in [1.29, 1.82) is 0 Å². The summed E-state index contributed by atoms with van der Waals surface area (Å²) in [6.07, 6.45) is 4.32. The summed E-state index contributed by atoms with van der Waals surface area (Å²) >= 11 is 0. The molecule has 0 saturated carbocycles. The molecular formula is C22H23FN4O2. The highest BCUT2D eigenvalue weighted by atomic mass is 19.1. The topological polar surface area (TPSA) is 59.4 Å². The van der Waals surface area contributed by atoms with Crippen LogP contribution in [0.4, 0.5) is 10.1 Å². The van der Waals surface area contributed by atoms with Crippen LogP contribution in [0, 0.1) is 12.7 Å². The summed E-state index contributed by atoms with van der Waals surface area (Å²) in [7, 11) is 1.61. The van der Waals surface area contributed by atoms with Crippen LogP contribution in [-0.4, -0.2) is 35.2 Å². The zero-order chi connectivity index (χ0) is 20.4. The Morgan fingerprint density at radius 1 is 1.28 bits per heavy atom. The molecule has 1 aliphatic heterocycles. The van der Waals surface area contributed by atoms with Gasteiger partial charge in [0.05, 0.1) is 30.9 Å². The average Bonchev–Trinajstić information content (AvgIpc) is 3.32. The van der Waals surface area contributed by atoms with Gasteiger partial charge in [-0.2, -0.15) is 0 Å². The maximum Gasteiger partial charge on any atom is 0.244 e. The largest absolute Gasteiger partial charge is 0.494 e. The lowest BCUT2D eigenvalue weighted by Gasteiger charge is -2.19. The molecule has 1 aromatic heterocycles. The van der Waals surface area contributed by atoms with E-state index in [4.69, 9.17) is 4.74 Å². The lowest BCUT2D eigenvalue weighted by Crippen LogP contribution is -2.38. The van der Waals surface area contributed by atoms with Crippen molar-refractivity contribution in [3.8, 4) is 11.4 Å². The van der Waals surface area contributed by atoms with E-state index in [0.29, 0.717) is 30.8 Å². The molecule has 4 rings (SSSR count). The number of aryl methyl sites for hydroxylation is 1. The molecule has 1 fully saturated rings. The Labute approximate surface area is 168 Å². The number of carbonyl (C=O) groups is 1. The summed E-state index contributed by atoms with van der Waals surface area (Å²) in [5, 5.41) is 3.18. The average molecular weight is 394 g/mol. The first kappa shape index (κ1) is 19.1. The number of hydrogen-bond acceptors (Lipinski definition) is 4. The number of anilines is 1. The second-order valence-corrected chi connectivity index (χ2v) is 7.08. The van der Waals surface area contributed by atoms with Crippen LogP contribution in [-0.2, 0) is 11.3 Å². The zero-order valence-corrected chi connectivity index (χ0v) is 16.4. The van der Waals surface area contributed by atoms with Gasteiger partial charge < -0.3 is 19.5 Å². The van der Waals surface area contributed by atoms with Crippen molar-refractivity contribution in [2.24, 2.45) is 0 Å². The van der Waals surface area contributed by atoms with E-state index in [2.05, 4.69) is 10.3 Å². The molecule has 7 heteroatoms. The summed E-state index contributed by atoms with van der Waals surface area (Å²) in [6, 6.07) is 11.9. The van der Waals surface area contributed by atoms with Crippen LogP contribution in [0.2, 0.25) is 0 Å². The highest BCUT2D eigenvalue weighted by Crippen LogP contribution is 2.31. The Bertz CT molecular complexity index is 1030. The fraction of sp³-hybridized carbons (Fsp3) is 0.273. The summed E-state index contributed by atoms with van der Waals surface area (Å²) in [5.74, 6) is 0.377. The van der Waals surface area contributed by atoms with Crippen LogP contribution in [0.15, 0.2) is 55.0 Å². The molecule has 150 valence electrons. The summed E-state index contributed by atoms with van der Waals surface area (Å²) in [4.78, 5) is 18.9. The summed E-state index contributed by atoms with van der Waals surface area (Å²) < 4.78 is 21.2. The molecule has 1 amide bonds. The predicted octanol–water partition coefficient (Wildman–Crippen LogP) is 3.22. The third-order valence-electron chi connectivity index (χ3n) is 5.17. The van der Waals surface area contributed by atoms with E-state index in [1.165, 1.54) is 6.07 Å². The van der Waals surface area contributed by atoms with E-state index in [1.807, 2.05) is 35.9 Å². The van der Waals surface area contributed by atoms with E-state index in [9.17, 15) is 9.18 Å². The summed E-state index contributed by atoms with van der Waals surface area (Å²) in [5.41, 5.74) is 3.11. The molecule has 1 unspecified atom stereocenters. The van der Waals surface area contributed by atoms with Gasteiger partial charge in [0.15, 0.2) is 0 Å². The molecule has 2 heterocycles. The van der Waals surface area contributed by atoms with Crippen LogP contribution < -0.4 is 15.0 Å². The highest BCUT2D eigenvalue weighted by molar-refractivity contribution is 5.99. The Hall–Kier alpha value is -3.19. The number of nitrogens with zero attached hydrogens (tertiary/aromatic N) is 3. The third kappa shape index (κ3) is 3.86. The van der Waals surface area contributed by atoms with Crippen molar-refractivity contribution in [1.82, 2.24) is 14.9 Å². The highest BCUT2D eigenvalue weighted by Gasteiger charge is 2.32. The van der Waals surface area contributed by atoms with E-state index < -0.39 is 0 Å². The third-order valence-corrected chi connectivity index (χ3v) is 5.17. The van der Waals surface area contributed by atoms with E-state index in [-0.39, 0.29) is 17.8 Å². The molecule has 1 N–H and O–H groups in total. The molecule has 0 bridgehead atoms. The Balaban J connectivity index is 1.49. The number of ether oxygens (including phenoxy) is 1. The molecule has 6 nitrogen and oxygen atoms in total. The Kier molecular flexibility index (Phi) is 5.31. The maximum absolute atomic E-state index is 13.8. The predicted molar refractivity (Wildman–Crippen MR) is 109 cm³/mol. The second kappa shape index (κ2) is 8.05. The Morgan fingerprint density at radius 2 is 2.10 bits per heavy atom. The lowest BCUT2D eigenvalue weighted by atomic mass is 10.2. The number of amides is 1. The van der Waals surface area contributed by atoms with Gasteiger partial charge in [-0.15, -0.1) is 0 Å². The number of carbonyl (C=O) groups excluding carboxylic acids is 1. The number of imidazole rings is 1. The molecule has 1 aliphatic rings. The van der Waals surface area contributed by atoms with Crippen molar-refractivity contribution in [2.45, 2.75) is 25.9 Å². The standard InChI is InChI=1S/C22H23FN4O2/c1-15-13-26(14-25-15)20-8-7-17(11-21(20)29-2)27-10-9-19(22(27)28)24-12-16-5-3-4-6-18(16)23/h3-8,11,13-14,19,24H,9-10,12H2,1-2H3. The lowest BCUT2D eigenvalue weighted by molar-refractivity contribution is -0.118. The molecule has 1 atom stereocenters. The number of nitrogens with one attached hydrogen (secondary N) is 1. The van der Waals surface area contributed by atoms with E-state index in [0.717, 1.165) is 17.1 Å². The summed E-state index contributed by atoms with van der Waals surface area (Å²) in [6.45, 7) is 2.84. The first-order chi connectivity index (χ1) is 14.1. The van der Waals surface area contributed by atoms with Crippen LogP contribution in [0.1, 0.15) is 17.7 Å². The molecular weight excluding hydrogens is 371 g/mol. The van der Waals surface area contributed by atoms with Crippen LogP contribution in [0.3, 0.4) is 0 Å². The maximum atomic E-state index is 13.8. The zero-order valence-electron chi connectivity index (χ0n) is 16.4. The number of halogens is 1. The van der Waals surface area contributed by atoms with Gasteiger partial charge in [-0.05, 0) is 31.5 Å². The van der Waals surface area contributed by atoms with Crippen LogP contribution in [0.5, 0.6) is 5.75 Å². The molecule has 0 aliphatic carbocycles. The fourth-order valence-electron chi connectivity index (χ4n) is 3.60. The van der Waals surface area contributed by atoms with Crippen LogP contribution in [0.25, 0.3) is 5.69 Å². The van der Waals surface area contributed by atoms with Crippen LogP contribution >= 0.6 is 0 Å². The molecule has 0 radical (unpaired) electrons. The smallest absolute Gasteiger partial charge is 0.244 e. The minimum atomic E-state index is -0.337. The normalized spacial score (nSPS) is 16.4. The van der Waals surface area contributed by atoms with E-state index >= 15 is 0 Å². The van der Waals surface area contributed by atoms with Crippen molar-refractivity contribution in [2.75, 3.05) is 18.6 Å². The van der Waals surface area contributed by atoms with Crippen molar-refractivity contribution >= 4 is 11.6 Å². The monoisotopic (exact) mass is 394 g/mol. The number of methoxy groups -OCH3 is 1. The first-order valence-electron chi connectivity index (χ1n) is 9.54. The van der Waals surface area contributed by atoms with Gasteiger partial charge in [-0.1, -0.05) is 18.2 Å².